The molecule has 2 aromatic carbocycles. The fourth-order valence-electron chi connectivity index (χ4n) is 2.46. The van der Waals surface area contributed by atoms with Gasteiger partial charge in [0.25, 0.3) is 0 Å². The summed E-state index contributed by atoms with van der Waals surface area (Å²) in [7, 11) is 0. The van der Waals surface area contributed by atoms with Gasteiger partial charge in [-0.2, -0.15) is 0 Å². The highest BCUT2D eigenvalue weighted by Gasteiger charge is 2.11. The number of nitrogens with zero attached hydrogens (tertiary/aromatic N) is 1. The van der Waals surface area contributed by atoms with Gasteiger partial charge in [0, 0.05) is 29.2 Å². The molecule has 1 aliphatic rings. The number of nitrogens with two attached hydrogens (primary N) is 1. The van der Waals surface area contributed by atoms with Crippen molar-refractivity contribution in [2.75, 3.05) is 25.1 Å². The largest absolute Gasteiger partial charge is 0.490 e. The predicted octanol–water partition coefficient (Wildman–Crippen LogP) is 4.34. The first kappa shape index (κ1) is 20.8. The third kappa shape index (κ3) is 5.73. The molecule has 0 saturated carbocycles. The van der Waals surface area contributed by atoms with Crippen LogP contribution in [-0.4, -0.2) is 25.7 Å². The molecule has 8 heteroatoms. The van der Waals surface area contributed by atoms with E-state index in [9.17, 15) is 4.39 Å². The van der Waals surface area contributed by atoms with Gasteiger partial charge >= 0.3 is 0 Å². The minimum atomic E-state index is -0.243. The van der Waals surface area contributed by atoms with E-state index < -0.39 is 0 Å². The molecule has 5 nitrogen and oxygen atoms in total. The Hall–Kier alpha value is -1.55. The standard InChI is InChI=1S/C18H19BrFN3O2.HI/c19-13-2-4-15(20)12(10-13)6-7-22-18(21)23-14-3-5-16-17(11-14)25-9-1-8-24-16;/h2-5,10-11H,1,6-9H2,(H3,21,22,23);1H. The van der Waals surface area contributed by atoms with Gasteiger partial charge in [0.15, 0.2) is 17.5 Å². The fraction of sp³-hybridized carbons (Fsp3) is 0.278. The molecule has 1 heterocycles. The molecule has 2 aromatic rings. The Kier molecular flexibility index (Phi) is 7.95. The van der Waals surface area contributed by atoms with Crippen molar-refractivity contribution in [1.82, 2.24) is 0 Å². The van der Waals surface area contributed by atoms with Crippen molar-refractivity contribution in [3.8, 4) is 11.5 Å². The van der Waals surface area contributed by atoms with Gasteiger partial charge in [0.1, 0.15) is 5.82 Å². The van der Waals surface area contributed by atoms with E-state index in [1.54, 1.807) is 12.1 Å². The van der Waals surface area contributed by atoms with Crippen LogP contribution in [-0.2, 0) is 6.42 Å². The molecule has 0 saturated heterocycles. The van der Waals surface area contributed by atoms with Gasteiger partial charge in [0.05, 0.1) is 13.2 Å². The lowest BCUT2D eigenvalue weighted by Crippen LogP contribution is -2.23. The van der Waals surface area contributed by atoms with Gasteiger partial charge in [0.2, 0.25) is 0 Å². The molecule has 0 radical (unpaired) electrons. The maximum absolute atomic E-state index is 13.7. The maximum atomic E-state index is 13.7. The molecule has 0 amide bonds. The lowest BCUT2D eigenvalue weighted by Gasteiger charge is -2.10. The number of nitrogens with one attached hydrogen (secondary N) is 1. The van der Waals surface area contributed by atoms with Crippen molar-refractivity contribution in [2.45, 2.75) is 12.8 Å². The molecule has 0 fully saturated rings. The van der Waals surface area contributed by atoms with E-state index >= 15 is 0 Å². The Morgan fingerprint density at radius 3 is 2.73 bits per heavy atom. The van der Waals surface area contributed by atoms with Crippen LogP contribution in [0.15, 0.2) is 45.9 Å². The van der Waals surface area contributed by atoms with E-state index in [-0.39, 0.29) is 35.8 Å². The van der Waals surface area contributed by atoms with Gasteiger partial charge in [-0.15, -0.1) is 24.0 Å². The van der Waals surface area contributed by atoms with Crippen LogP contribution in [0.3, 0.4) is 0 Å². The normalized spacial score (nSPS) is 13.5. The van der Waals surface area contributed by atoms with Gasteiger partial charge in [-0.25, -0.2) is 4.39 Å². The van der Waals surface area contributed by atoms with Crippen LogP contribution in [0, 0.1) is 5.82 Å². The highest BCUT2D eigenvalue weighted by molar-refractivity contribution is 14.0. The third-order valence-corrected chi connectivity index (χ3v) is 4.18. The summed E-state index contributed by atoms with van der Waals surface area (Å²) in [6.45, 7) is 1.66. The van der Waals surface area contributed by atoms with Crippen molar-refractivity contribution in [2.24, 2.45) is 10.7 Å². The smallest absolute Gasteiger partial charge is 0.193 e. The number of hydrogen-bond acceptors (Lipinski definition) is 3. The molecule has 3 rings (SSSR count). The van der Waals surface area contributed by atoms with Crippen molar-refractivity contribution < 1.29 is 13.9 Å². The summed E-state index contributed by atoms with van der Waals surface area (Å²) in [6.07, 6.45) is 1.32. The number of ether oxygens (including phenoxy) is 2. The molecule has 26 heavy (non-hydrogen) atoms. The second kappa shape index (κ2) is 9.96. The number of halogens is 3. The van der Waals surface area contributed by atoms with Crippen LogP contribution < -0.4 is 20.5 Å². The van der Waals surface area contributed by atoms with Crippen molar-refractivity contribution in [1.29, 1.82) is 0 Å². The number of hydrogen-bond donors (Lipinski definition) is 2. The van der Waals surface area contributed by atoms with Crippen LogP contribution in [0.5, 0.6) is 11.5 Å². The molecule has 140 valence electrons. The summed E-state index contributed by atoms with van der Waals surface area (Å²) in [6, 6.07) is 10.4. The Labute approximate surface area is 177 Å². The van der Waals surface area contributed by atoms with Crippen LogP contribution in [0.1, 0.15) is 12.0 Å². The van der Waals surface area contributed by atoms with E-state index in [0.717, 1.165) is 22.3 Å². The number of benzene rings is 2. The Morgan fingerprint density at radius 2 is 1.92 bits per heavy atom. The molecule has 0 aromatic heterocycles. The number of fused-ring (bicyclic) bond motifs is 1. The van der Waals surface area contributed by atoms with Crippen molar-refractivity contribution >= 4 is 51.6 Å². The molecular weight excluding hydrogens is 516 g/mol. The molecule has 0 aliphatic carbocycles. The molecule has 0 unspecified atom stereocenters. The van der Waals surface area contributed by atoms with Crippen molar-refractivity contribution in [3.63, 3.8) is 0 Å². The monoisotopic (exact) mass is 535 g/mol. The fourth-order valence-corrected chi connectivity index (χ4v) is 2.87. The molecule has 3 N–H and O–H groups in total. The van der Waals surface area contributed by atoms with Crippen LogP contribution in [0.25, 0.3) is 0 Å². The Bertz CT molecular complexity index is 789. The van der Waals surface area contributed by atoms with E-state index in [1.807, 2.05) is 18.2 Å². The van der Waals surface area contributed by atoms with Gasteiger partial charge in [-0.3, -0.25) is 4.99 Å². The molecule has 0 atom stereocenters. The second-order valence-electron chi connectivity index (χ2n) is 5.59. The first-order valence-electron chi connectivity index (χ1n) is 8.02. The number of aliphatic imine (C=N–C) groups is 1. The third-order valence-electron chi connectivity index (χ3n) is 3.69. The van der Waals surface area contributed by atoms with E-state index in [1.165, 1.54) is 6.07 Å². The zero-order valence-electron chi connectivity index (χ0n) is 14.0. The van der Waals surface area contributed by atoms with Crippen molar-refractivity contribution in [3.05, 3.63) is 52.3 Å². The highest BCUT2D eigenvalue weighted by Crippen LogP contribution is 2.32. The number of anilines is 1. The molecular formula is C18H20BrFIN3O2. The predicted molar refractivity (Wildman–Crippen MR) is 115 cm³/mol. The summed E-state index contributed by atoms with van der Waals surface area (Å²) >= 11 is 3.34. The first-order valence-corrected chi connectivity index (χ1v) is 8.81. The lowest BCUT2D eigenvalue weighted by atomic mass is 10.1. The zero-order chi connectivity index (χ0) is 17.6. The molecule has 0 bridgehead atoms. The molecule has 0 spiro atoms. The van der Waals surface area contributed by atoms with Gasteiger partial charge in [-0.05, 0) is 42.3 Å². The second-order valence-corrected chi connectivity index (χ2v) is 6.51. The average molecular weight is 536 g/mol. The summed E-state index contributed by atoms with van der Waals surface area (Å²) in [5.74, 6) is 1.44. The van der Waals surface area contributed by atoms with E-state index in [2.05, 4.69) is 26.2 Å². The summed E-state index contributed by atoms with van der Waals surface area (Å²) in [4.78, 5) is 4.25. The quantitative estimate of drug-likeness (QED) is 0.347. The van der Waals surface area contributed by atoms with Gasteiger partial charge in [-0.1, -0.05) is 15.9 Å². The van der Waals surface area contributed by atoms with Gasteiger partial charge < -0.3 is 20.5 Å². The summed E-state index contributed by atoms with van der Waals surface area (Å²) in [5.41, 5.74) is 7.27. The highest BCUT2D eigenvalue weighted by atomic mass is 127. The Balaban J connectivity index is 0.00000243. The Morgan fingerprint density at radius 1 is 1.15 bits per heavy atom. The SMILES string of the molecule is I.NC(=NCCc1cc(Br)ccc1F)Nc1ccc2c(c1)OCCCO2. The summed E-state index contributed by atoms with van der Waals surface area (Å²) in [5, 5.41) is 3.01. The number of guanidine groups is 1. The lowest BCUT2D eigenvalue weighted by molar-refractivity contribution is 0.297. The van der Waals surface area contributed by atoms with E-state index in [4.69, 9.17) is 15.2 Å². The topological polar surface area (TPSA) is 68.9 Å². The maximum Gasteiger partial charge on any atom is 0.193 e. The van der Waals surface area contributed by atoms with Crippen LogP contribution >= 0.6 is 39.9 Å². The minimum absolute atomic E-state index is 0. The zero-order valence-corrected chi connectivity index (χ0v) is 17.9. The van der Waals surface area contributed by atoms with E-state index in [0.29, 0.717) is 37.5 Å². The minimum Gasteiger partial charge on any atom is -0.490 e. The van der Waals surface area contributed by atoms with Crippen LogP contribution in [0.4, 0.5) is 10.1 Å². The average Bonchev–Trinajstić information content (AvgIpc) is 2.83. The summed E-state index contributed by atoms with van der Waals surface area (Å²) < 4.78 is 25.8. The van der Waals surface area contributed by atoms with Crippen LogP contribution in [0.2, 0.25) is 0 Å². The first-order chi connectivity index (χ1) is 12.1. The number of rotatable bonds is 4. The molecule has 1 aliphatic heterocycles.